The maximum Gasteiger partial charge on any atom is 0.337 e. The van der Waals surface area contributed by atoms with E-state index in [4.69, 9.17) is 29.8 Å². The van der Waals surface area contributed by atoms with Crippen molar-refractivity contribution in [3.63, 3.8) is 0 Å². The van der Waals surface area contributed by atoms with E-state index in [1.165, 1.54) is 0 Å². The average molecular weight is 441 g/mol. The fourth-order valence-corrected chi connectivity index (χ4v) is 3.62. The molecule has 0 N–H and O–H groups in total. The molecule has 1 fully saturated rings. The minimum Gasteiger partial charge on any atom is -0.436 e. The quantitative estimate of drug-likeness (QED) is 0.441. The molecule has 1 aliphatic rings. The number of aromatic nitrogens is 2. The van der Waals surface area contributed by atoms with Crippen molar-refractivity contribution in [1.82, 2.24) is 14.9 Å². The highest BCUT2D eigenvalue weighted by molar-refractivity contribution is 6.31. The van der Waals surface area contributed by atoms with Gasteiger partial charge in [-0.05, 0) is 25.2 Å². The minimum atomic E-state index is -0.737. The number of piperazine rings is 1. The Hall–Kier alpha value is -3.43. The van der Waals surface area contributed by atoms with Gasteiger partial charge in [0.2, 0.25) is 5.71 Å². The topological polar surface area (TPSA) is 106 Å². The SMILES string of the molecule is CN1CCN(c2nc3cc(Cl)ccc3oc3nc4oc(=O)ccc(=O)oc4cc23)CC1. The summed E-state index contributed by atoms with van der Waals surface area (Å²) < 4.78 is 16.6. The molecule has 31 heavy (non-hydrogen) atoms. The third kappa shape index (κ3) is 3.85. The maximum absolute atomic E-state index is 12.0. The monoisotopic (exact) mass is 440 g/mol. The standard InChI is InChI=1S/C21H17ClN4O5/c1-25-6-8-26(9-7-25)19-13-11-16-21(31-18(28)5-4-17(27)29-16)24-20(13)30-15-3-2-12(22)10-14(15)23-19/h2-5,10-11H,6-9H2,1H3. The largest absolute Gasteiger partial charge is 0.436 e. The third-order valence-electron chi connectivity index (χ3n) is 5.08. The first-order valence-corrected chi connectivity index (χ1v) is 10.0. The lowest BCUT2D eigenvalue weighted by Crippen LogP contribution is -2.44. The van der Waals surface area contributed by atoms with Crippen molar-refractivity contribution < 1.29 is 13.3 Å². The van der Waals surface area contributed by atoms with Gasteiger partial charge >= 0.3 is 11.3 Å². The van der Waals surface area contributed by atoms with Gasteiger partial charge in [-0.2, -0.15) is 4.98 Å². The molecule has 0 spiro atoms. The van der Waals surface area contributed by atoms with Crippen LogP contribution in [-0.4, -0.2) is 48.1 Å². The van der Waals surface area contributed by atoms with Crippen LogP contribution < -0.4 is 16.2 Å². The van der Waals surface area contributed by atoms with Crippen LogP contribution in [0.15, 0.2) is 59.2 Å². The Kier molecular flexibility index (Phi) is 4.84. The lowest BCUT2D eigenvalue weighted by molar-refractivity contribution is 0.312. The molecule has 1 aromatic carbocycles. The first-order valence-electron chi connectivity index (χ1n) is 9.63. The molecule has 0 aliphatic carbocycles. The van der Waals surface area contributed by atoms with Crippen molar-refractivity contribution in [3.05, 3.63) is 62.3 Å². The Bertz CT molecular complexity index is 1480. The van der Waals surface area contributed by atoms with Crippen molar-refractivity contribution in [2.24, 2.45) is 0 Å². The lowest BCUT2D eigenvalue weighted by Gasteiger charge is -2.33. The van der Waals surface area contributed by atoms with E-state index in [1.54, 1.807) is 24.3 Å². The molecule has 0 saturated carbocycles. The molecule has 1 aliphatic heterocycles. The molecule has 0 atom stereocenters. The number of anilines is 1. The second-order valence-corrected chi connectivity index (χ2v) is 7.70. The summed E-state index contributed by atoms with van der Waals surface area (Å²) in [7, 11) is 2.06. The number of hydrogen-bond acceptors (Lipinski definition) is 9. The first kappa shape index (κ1) is 19.5. The van der Waals surface area contributed by atoms with Gasteiger partial charge < -0.3 is 23.1 Å². The van der Waals surface area contributed by atoms with Gasteiger partial charge in [-0.15, -0.1) is 0 Å². The average Bonchev–Trinajstić information content (AvgIpc) is 2.88. The molecule has 9 nitrogen and oxygen atoms in total. The summed E-state index contributed by atoms with van der Waals surface area (Å²) in [5.74, 6) is 0.611. The van der Waals surface area contributed by atoms with Gasteiger partial charge in [-0.3, -0.25) is 0 Å². The zero-order valence-corrected chi connectivity index (χ0v) is 17.3. The van der Waals surface area contributed by atoms with Crippen LogP contribution in [0, 0.1) is 0 Å². The van der Waals surface area contributed by atoms with Gasteiger partial charge in [0, 0.05) is 49.4 Å². The molecule has 10 heteroatoms. The van der Waals surface area contributed by atoms with Crippen LogP contribution in [0.4, 0.5) is 5.82 Å². The van der Waals surface area contributed by atoms with E-state index in [-0.39, 0.29) is 17.0 Å². The van der Waals surface area contributed by atoms with E-state index in [0.29, 0.717) is 27.3 Å². The Balaban J connectivity index is 1.91. The molecule has 1 saturated heterocycles. The van der Waals surface area contributed by atoms with Crippen LogP contribution in [-0.2, 0) is 0 Å². The van der Waals surface area contributed by atoms with Crippen LogP contribution in [0.3, 0.4) is 0 Å². The van der Waals surface area contributed by atoms with Gasteiger partial charge in [0.05, 0.1) is 5.39 Å². The van der Waals surface area contributed by atoms with Gasteiger partial charge in [0.1, 0.15) is 11.3 Å². The Morgan fingerprint density at radius 2 is 1.58 bits per heavy atom. The molecule has 0 bridgehead atoms. The van der Waals surface area contributed by atoms with E-state index in [9.17, 15) is 9.59 Å². The molecule has 0 radical (unpaired) electrons. The van der Waals surface area contributed by atoms with E-state index in [1.807, 2.05) is 0 Å². The zero-order valence-electron chi connectivity index (χ0n) is 16.5. The molecule has 4 heterocycles. The van der Waals surface area contributed by atoms with Crippen molar-refractivity contribution in [3.8, 4) is 0 Å². The number of nitrogens with zero attached hydrogens (tertiary/aromatic N) is 4. The van der Waals surface area contributed by atoms with E-state index in [2.05, 4.69) is 21.8 Å². The second kappa shape index (κ2) is 7.68. The molecule has 158 valence electrons. The van der Waals surface area contributed by atoms with Gasteiger partial charge in [-0.25, -0.2) is 14.6 Å². The summed E-state index contributed by atoms with van der Waals surface area (Å²) in [6.07, 6.45) is 0. The Morgan fingerprint density at radius 3 is 2.35 bits per heavy atom. The minimum absolute atomic E-state index is 0.0101. The van der Waals surface area contributed by atoms with Gasteiger partial charge in [0.15, 0.2) is 11.2 Å². The number of pyridine rings is 1. The number of likely N-dealkylation sites (N-methyl/N-ethyl adjacent to an activating group) is 1. The second-order valence-electron chi connectivity index (χ2n) is 7.26. The molecule has 0 amide bonds. The fraction of sp³-hybridized carbons (Fsp3) is 0.238. The van der Waals surface area contributed by atoms with Crippen molar-refractivity contribution in [1.29, 1.82) is 0 Å². The molecule has 0 unspecified atom stereocenters. The van der Waals surface area contributed by atoms with Crippen LogP contribution >= 0.6 is 11.6 Å². The summed E-state index contributed by atoms with van der Waals surface area (Å²) >= 11 is 6.18. The highest BCUT2D eigenvalue weighted by atomic mass is 35.5. The Labute approximate surface area is 179 Å². The number of fused-ring (bicyclic) bond motifs is 3. The van der Waals surface area contributed by atoms with Crippen LogP contribution in [0.1, 0.15) is 0 Å². The summed E-state index contributed by atoms with van der Waals surface area (Å²) in [5.41, 5.74) is -0.404. The summed E-state index contributed by atoms with van der Waals surface area (Å²) in [6.45, 7) is 3.18. The first-order chi connectivity index (χ1) is 15.0. The number of halogens is 1. The Morgan fingerprint density at radius 1 is 0.839 bits per heavy atom. The number of hydrogen-bond donors (Lipinski definition) is 0. The number of rotatable bonds is 1. The van der Waals surface area contributed by atoms with Crippen molar-refractivity contribution in [2.45, 2.75) is 0 Å². The summed E-state index contributed by atoms with van der Waals surface area (Å²) in [6, 6.07) is 8.64. The smallest absolute Gasteiger partial charge is 0.337 e. The van der Waals surface area contributed by atoms with Gasteiger partial charge in [0.25, 0.3) is 5.71 Å². The third-order valence-corrected chi connectivity index (χ3v) is 5.32. The highest BCUT2D eigenvalue weighted by Crippen LogP contribution is 2.30. The van der Waals surface area contributed by atoms with Crippen LogP contribution in [0.25, 0.3) is 33.5 Å². The van der Waals surface area contributed by atoms with Crippen LogP contribution in [0.2, 0.25) is 5.02 Å². The normalized spacial score (nSPS) is 15.0. The molecule has 5 rings (SSSR count). The van der Waals surface area contributed by atoms with Crippen molar-refractivity contribution >= 4 is 50.9 Å². The molecule has 3 aromatic heterocycles. The molecular weight excluding hydrogens is 424 g/mol. The maximum atomic E-state index is 12.0. The van der Waals surface area contributed by atoms with Crippen LogP contribution in [0.5, 0.6) is 0 Å². The zero-order chi connectivity index (χ0) is 21.5. The predicted molar refractivity (Wildman–Crippen MR) is 116 cm³/mol. The van der Waals surface area contributed by atoms with Crippen molar-refractivity contribution in [2.75, 3.05) is 38.1 Å². The van der Waals surface area contributed by atoms with E-state index < -0.39 is 11.3 Å². The lowest BCUT2D eigenvalue weighted by atomic mass is 10.2. The molecule has 4 aromatic rings. The fourth-order valence-electron chi connectivity index (χ4n) is 3.46. The molecular formula is C21H17ClN4O5. The predicted octanol–water partition coefficient (Wildman–Crippen LogP) is 2.97. The highest BCUT2D eigenvalue weighted by Gasteiger charge is 2.20. The van der Waals surface area contributed by atoms with Gasteiger partial charge in [-0.1, -0.05) is 11.6 Å². The number of benzene rings is 1. The van der Waals surface area contributed by atoms with E-state index >= 15 is 0 Å². The van der Waals surface area contributed by atoms with E-state index in [0.717, 1.165) is 38.3 Å². The summed E-state index contributed by atoms with van der Waals surface area (Å²) in [5, 5.41) is 1.04. The summed E-state index contributed by atoms with van der Waals surface area (Å²) in [4.78, 5) is 37.4.